The first-order valence-electron chi connectivity index (χ1n) is 5.92. The van der Waals surface area contributed by atoms with E-state index in [4.69, 9.17) is 9.31 Å². The first-order chi connectivity index (χ1) is 6.97. The Morgan fingerprint density at radius 3 is 1.87 bits per heavy atom. The van der Waals surface area contributed by atoms with Crippen molar-refractivity contribution in [3.63, 3.8) is 0 Å². The van der Waals surface area contributed by atoms with E-state index in [0.717, 1.165) is 0 Å². The van der Waals surface area contributed by atoms with Gasteiger partial charge in [0.25, 0.3) is 0 Å². The van der Waals surface area contributed by atoms with Crippen molar-refractivity contribution in [1.82, 2.24) is 0 Å². The van der Waals surface area contributed by atoms with Gasteiger partial charge in [0.15, 0.2) is 0 Å². The average molecular weight is 326 g/mol. The van der Waals surface area contributed by atoms with Crippen LogP contribution >= 0.6 is 22.6 Å². The first-order valence-corrected chi connectivity index (χ1v) is 7.16. The average Bonchev–Trinajstić information content (AvgIpc) is 2.11. The summed E-state index contributed by atoms with van der Waals surface area (Å²) < 4.78 is 12.0. The van der Waals surface area contributed by atoms with Crippen molar-refractivity contribution in [2.75, 3.05) is 0 Å². The molecule has 0 saturated carbocycles. The predicted molar refractivity (Wildman–Crippen MR) is 75.5 cm³/mol. The molecule has 2 nitrogen and oxygen atoms in total. The Morgan fingerprint density at radius 1 is 1.07 bits per heavy atom. The maximum atomic E-state index is 5.79. The van der Waals surface area contributed by atoms with E-state index in [9.17, 15) is 0 Å². The van der Waals surface area contributed by atoms with Gasteiger partial charge in [0.1, 0.15) is 0 Å². The van der Waals surface area contributed by atoms with Crippen molar-refractivity contribution < 1.29 is 9.31 Å². The number of halogens is 1. The lowest BCUT2D eigenvalue weighted by Gasteiger charge is -2.23. The van der Waals surface area contributed by atoms with Gasteiger partial charge in [0.05, 0.1) is 0 Å². The van der Waals surface area contributed by atoms with Crippen LogP contribution in [0.2, 0.25) is 0 Å². The SMILES string of the molecule is CCCCC(I)B(OC(C)C)OC(C)C. The fourth-order valence-electron chi connectivity index (χ4n) is 1.27. The third kappa shape index (κ3) is 8.51. The van der Waals surface area contributed by atoms with Gasteiger partial charge in [-0.15, -0.1) is 0 Å². The molecule has 0 aromatic heterocycles. The summed E-state index contributed by atoms with van der Waals surface area (Å²) in [6, 6.07) is 0. The van der Waals surface area contributed by atoms with Gasteiger partial charge in [-0.25, -0.2) is 0 Å². The number of hydrogen-bond acceptors (Lipinski definition) is 2. The monoisotopic (exact) mass is 326 g/mol. The van der Waals surface area contributed by atoms with Crippen LogP contribution in [0.4, 0.5) is 0 Å². The van der Waals surface area contributed by atoms with Crippen LogP contribution in [-0.2, 0) is 9.31 Å². The number of unbranched alkanes of at least 4 members (excludes halogenated alkanes) is 1. The standard InChI is InChI=1S/C11H24BIO2/c1-6-7-8-11(13)12(14-9(2)3)15-10(4)5/h9-11H,6-8H2,1-5H3. The molecule has 0 rings (SSSR count). The van der Waals surface area contributed by atoms with Crippen molar-refractivity contribution in [1.29, 1.82) is 0 Å². The molecule has 0 heterocycles. The Kier molecular flexibility index (Phi) is 9.24. The minimum Gasteiger partial charge on any atom is -0.408 e. The maximum Gasteiger partial charge on any atom is 0.470 e. The molecule has 0 radical (unpaired) electrons. The molecule has 0 aromatic carbocycles. The second kappa shape index (κ2) is 8.82. The molecule has 0 bridgehead atoms. The fraction of sp³-hybridized carbons (Fsp3) is 1.00. The van der Waals surface area contributed by atoms with Gasteiger partial charge in [-0.3, -0.25) is 0 Å². The van der Waals surface area contributed by atoms with Crippen molar-refractivity contribution in [3.05, 3.63) is 0 Å². The molecule has 0 amide bonds. The Labute approximate surface area is 109 Å². The zero-order chi connectivity index (χ0) is 11.8. The summed E-state index contributed by atoms with van der Waals surface area (Å²) in [6.45, 7) is 10.4. The lowest BCUT2D eigenvalue weighted by Crippen LogP contribution is -2.37. The van der Waals surface area contributed by atoms with Crippen molar-refractivity contribution in [3.8, 4) is 0 Å². The summed E-state index contributed by atoms with van der Waals surface area (Å²) in [4.78, 5) is 0. The van der Waals surface area contributed by atoms with Crippen LogP contribution in [0.15, 0.2) is 0 Å². The topological polar surface area (TPSA) is 18.5 Å². The van der Waals surface area contributed by atoms with Crippen LogP contribution in [0.25, 0.3) is 0 Å². The highest BCUT2D eigenvalue weighted by Gasteiger charge is 2.29. The van der Waals surface area contributed by atoms with Crippen molar-refractivity contribution >= 4 is 29.7 Å². The second-order valence-electron chi connectivity index (χ2n) is 4.40. The maximum absolute atomic E-state index is 5.79. The molecule has 1 unspecified atom stereocenters. The normalized spacial score (nSPS) is 13.6. The molecule has 0 aliphatic carbocycles. The summed E-state index contributed by atoms with van der Waals surface area (Å²) in [5.74, 6) is 0. The Bertz CT molecular complexity index is 144. The van der Waals surface area contributed by atoms with E-state index < -0.39 is 0 Å². The van der Waals surface area contributed by atoms with Gasteiger partial charge in [-0.2, -0.15) is 0 Å². The van der Waals surface area contributed by atoms with Crippen molar-refractivity contribution in [2.45, 2.75) is 69.9 Å². The highest BCUT2D eigenvalue weighted by molar-refractivity contribution is 14.1. The fourth-order valence-corrected chi connectivity index (χ4v) is 2.05. The third-order valence-electron chi connectivity index (χ3n) is 1.94. The number of rotatable bonds is 8. The summed E-state index contributed by atoms with van der Waals surface area (Å²) in [7, 11) is -0.0582. The molecule has 1 atom stereocenters. The molecule has 90 valence electrons. The molecule has 0 spiro atoms. The first kappa shape index (κ1) is 15.7. The van der Waals surface area contributed by atoms with E-state index in [1.54, 1.807) is 0 Å². The van der Waals surface area contributed by atoms with Crippen LogP contribution in [0.3, 0.4) is 0 Å². The summed E-state index contributed by atoms with van der Waals surface area (Å²) in [6.07, 6.45) is 4.10. The smallest absolute Gasteiger partial charge is 0.408 e. The largest absolute Gasteiger partial charge is 0.470 e. The number of hydrogen-bond donors (Lipinski definition) is 0. The number of alkyl halides is 1. The summed E-state index contributed by atoms with van der Waals surface area (Å²) >= 11 is 2.44. The molecule has 15 heavy (non-hydrogen) atoms. The molecule has 0 aliphatic rings. The van der Waals surface area contributed by atoms with Gasteiger partial charge in [0.2, 0.25) is 0 Å². The molecular formula is C11H24BIO2. The van der Waals surface area contributed by atoms with Crippen LogP contribution < -0.4 is 0 Å². The molecule has 0 saturated heterocycles. The summed E-state index contributed by atoms with van der Waals surface area (Å²) in [5.41, 5.74) is 0. The van der Waals surface area contributed by atoms with E-state index in [1.165, 1.54) is 19.3 Å². The minimum atomic E-state index is -0.0582. The molecule has 4 heteroatoms. The highest BCUT2D eigenvalue weighted by Crippen LogP contribution is 2.18. The van der Waals surface area contributed by atoms with Crippen LogP contribution in [-0.4, -0.2) is 23.2 Å². The Balaban J connectivity index is 4.07. The zero-order valence-electron chi connectivity index (χ0n) is 10.6. The zero-order valence-corrected chi connectivity index (χ0v) is 12.8. The third-order valence-corrected chi connectivity index (χ3v) is 3.15. The molecule has 0 aromatic rings. The molecule has 0 aliphatic heterocycles. The minimum absolute atomic E-state index is 0.0582. The van der Waals surface area contributed by atoms with Gasteiger partial charge >= 0.3 is 7.12 Å². The second-order valence-corrected chi connectivity index (χ2v) is 6.00. The van der Waals surface area contributed by atoms with Gasteiger partial charge < -0.3 is 9.31 Å². The predicted octanol–water partition coefficient (Wildman–Crippen LogP) is 3.86. The van der Waals surface area contributed by atoms with E-state index in [0.29, 0.717) is 3.82 Å². The van der Waals surface area contributed by atoms with Crippen LogP contribution in [0, 0.1) is 0 Å². The van der Waals surface area contributed by atoms with E-state index >= 15 is 0 Å². The van der Waals surface area contributed by atoms with Crippen LogP contribution in [0.1, 0.15) is 53.9 Å². The lowest BCUT2D eigenvalue weighted by atomic mass is 9.81. The van der Waals surface area contributed by atoms with E-state index in [1.807, 2.05) is 0 Å². The van der Waals surface area contributed by atoms with Gasteiger partial charge in [-0.05, 0) is 34.1 Å². The Morgan fingerprint density at radius 2 is 1.53 bits per heavy atom. The molecular weight excluding hydrogens is 302 g/mol. The summed E-state index contributed by atoms with van der Waals surface area (Å²) in [5, 5.41) is 0. The van der Waals surface area contributed by atoms with Gasteiger partial charge in [0, 0.05) is 16.0 Å². The van der Waals surface area contributed by atoms with Gasteiger partial charge in [-0.1, -0.05) is 42.4 Å². The highest BCUT2D eigenvalue weighted by atomic mass is 127. The van der Waals surface area contributed by atoms with Crippen LogP contribution in [0.5, 0.6) is 0 Å². The van der Waals surface area contributed by atoms with E-state index in [-0.39, 0.29) is 19.3 Å². The quantitative estimate of drug-likeness (QED) is 0.383. The molecule has 0 fully saturated rings. The van der Waals surface area contributed by atoms with E-state index in [2.05, 4.69) is 57.2 Å². The lowest BCUT2D eigenvalue weighted by molar-refractivity contribution is 0.129. The molecule has 0 N–H and O–H groups in total. The van der Waals surface area contributed by atoms with Crippen molar-refractivity contribution in [2.24, 2.45) is 0 Å². The Hall–Kier alpha value is 0.715.